The van der Waals surface area contributed by atoms with E-state index >= 15 is 0 Å². The third kappa shape index (κ3) is 2.85. The average molecular weight is 309 g/mol. The SMILES string of the molecule is N#Cc1ccc(Br)cc1NCC1(CO)CCCC1. The summed E-state index contributed by atoms with van der Waals surface area (Å²) in [4.78, 5) is 0. The maximum Gasteiger partial charge on any atom is 0.101 e. The van der Waals surface area contributed by atoms with Crippen molar-refractivity contribution in [3.05, 3.63) is 28.2 Å². The second-order valence-corrected chi connectivity index (χ2v) is 5.94. The molecule has 0 aromatic heterocycles. The van der Waals surface area contributed by atoms with Gasteiger partial charge in [-0.3, -0.25) is 0 Å². The Bertz CT molecular complexity index is 461. The van der Waals surface area contributed by atoms with Gasteiger partial charge < -0.3 is 10.4 Å². The first-order valence-corrected chi connectivity index (χ1v) is 7.03. The summed E-state index contributed by atoms with van der Waals surface area (Å²) < 4.78 is 0.952. The van der Waals surface area contributed by atoms with Crippen LogP contribution in [0.2, 0.25) is 0 Å². The predicted molar refractivity (Wildman–Crippen MR) is 75.3 cm³/mol. The summed E-state index contributed by atoms with van der Waals surface area (Å²) in [5.74, 6) is 0. The molecule has 1 saturated carbocycles. The van der Waals surface area contributed by atoms with Crippen LogP contribution in [0.5, 0.6) is 0 Å². The number of aliphatic hydroxyl groups is 1. The Morgan fingerprint density at radius 3 is 2.72 bits per heavy atom. The number of rotatable bonds is 4. The van der Waals surface area contributed by atoms with Gasteiger partial charge >= 0.3 is 0 Å². The molecule has 0 heterocycles. The molecular formula is C14H17BrN2O. The third-order valence-corrected chi connectivity index (χ3v) is 4.25. The summed E-state index contributed by atoms with van der Waals surface area (Å²) in [7, 11) is 0. The Hall–Kier alpha value is -1.05. The van der Waals surface area contributed by atoms with Crippen LogP contribution in [-0.2, 0) is 0 Å². The Morgan fingerprint density at radius 1 is 1.39 bits per heavy atom. The van der Waals surface area contributed by atoms with Crippen LogP contribution in [0.3, 0.4) is 0 Å². The van der Waals surface area contributed by atoms with Gasteiger partial charge in [0.1, 0.15) is 6.07 Å². The first-order valence-electron chi connectivity index (χ1n) is 6.23. The molecule has 0 atom stereocenters. The number of nitrogens with one attached hydrogen (secondary N) is 1. The highest BCUT2D eigenvalue weighted by Crippen LogP contribution is 2.38. The summed E-state index contributed by atoms with van der Waals surface area (Å²) in [6, 6.07) is 7.76. The number of halogens is 1. The summed E-state index contributed by atoms with van der Waals surface area (Å²) in [5.41, 5.74) is 1.48. The van der Waals surface area contributed by atoms with E-state index < -0.39 is 0 Å². The van der Waals surface area contributed by atoms with Crippen molar-refractivity contribution < 1.29 is 5.11 Å². The van der Waals surface area contributed by atoms with E-state index in [-0.39, 0.29) is 12.0 Å². The Balaban J connectivity index is 2.10. The Labute approximate surface area is 116 Å². The first-order chi connectivity index (χ1) is 8.69. The smallest absolute Gasteiger partial charge is 0.101 e. The number of nitrogens with zero attached hydrogens (tertiary/aromatic N) is 1. The number of nitriles is 1. The van der Waals surface area contributed by atoms with Crippen LogP contribution in [0.4, 0.5) is 5.69 Å². The molecule has 1 aliphatic carbocycles. The molecule has 0 spiro atoms. The highest BCUT2D eigenvalue weighted by Gasteiger charge is 2.33. The lowest BCUT2D eigenvalue weighted by atomic mass is 9.87. The zero-order chi connectivity index (χ0) is 13.0. The van der Waals surface area contributed by atoms with Gasteiger partial charge in [0.15, 0.2) is 0 Å². The highest BCUT2D eigenvalue weighted by molar-refractivity contribution is 9.10. The molecule has 96 valence electrons. The monoisotopic (exact) mass is 308 g/mol. The molecule has 0 aliphatic heterocycles. The fourth-order valence-corrected chi connectivity index (χ4v) is 2.92. The van der Waals surface area contributed by atoms with Crippen LogP contribution in [0.25, 0.3) is 0 Å². The van der Waals surface area contributed by atoms with Crippen molar-refractivity contribution in [1.82, 2.24) is 0 Å². The third-order valence-electron chi connectivity index (χ3n) is 3.76. The van der Waals surface area contributed by atoms with Gasteiger partial charge in [-0.25, -0.2) is 0 Å². The van der Waals surface area contributed by atoms with E-state index in [9.17, 15) is 5.11 Å². The second-order valence-electron chi connectivity index (χ2n) is 5.02. The van der Waals surface area contributed by atoms with Crippen LogP contribution < -0.4 is 5.32 Å². The molecule has 1 fully saturated rings. The molecule has 0 radical (unpaired) electrons. The van der Waals surface area contributed by atoms with Gasteiger partial charge in [-0.2, -0.15) is 5.26 Å². The zero-order valence-electron chi connectivity index (χ0n) is 10.2. The summed E-state index contributed by atoms with van der Waals surface area (Å²) in [6.07, 6.45) is 4.50. The molecule has 4 heteroatoms. The maximum atomic E-state index is 9.56. The van der Waals surface area contributed by atoms with E-state index in [2.05, 4.69) is 27.3 Å². The number of benzene rings is 1. The quantitative estimate of drug-likeness (QED) is 0.897. The van der Waals surface area contributed by atoms with E-state index in [0.717, 1.165) is 29.5 Å². The lowest BCUT2D eigenvalue weighted by Crippen LogP contribution is -2.30. The highest BCUT2D eigenvalue weighted by atomic mass is 79.9. The van der Waals surface area contributed by atoms with Gasteiger partial charge in [0.2, 0.25) is 0 Å². The van der Waals surface area contributed by atoms with E-state index in [1.807, 2.05) is 12.1 Å². The molecule has 1 aliphatic rings. The summed E-state index contributed by atoms with van der Waals surface area (Å²) in [6.45, 7) is 0.949. The number of anilines is 1. The first kappa shape index (κ1) is 13.4. The lowest BCUT2D eigenvalue weighted by Gasteiger charge is -2.27. The zero-order valence-corrected chi connectivity index (χ0v) is 11.8. The second kappa shape index (κ2) is 5.73. The van der Waals surface area contributed by atoms with Crippen LogP contribution >= 0.6 is 15.9 Å². The standard InChI is InChI=1S/C14H17BrN2O/c15-12-4-3-11(8-16)13(7-12)17-9-14(10-18)5-1-2-6-14/h3-4,7,17-18H,1-2,5-6,9-10H2. The minimum atomic E-state index is -0.00492. The largest absolute Gasteiger partial charge is 0.396 e. The lowest BCUT2D eigenvalue weighted by molar-refractivity contribution is 0.142. The molecule has 0 saturated heterocycles. The van der Waals surface area contributed by atoms with Crippen LogP contribution in [0, 0.1) is 16.7 Å². The number of hydrogen-bond acceptors (Lipinski definition) is 3. The van der Waals surface area contributed by atoms with Crippen molar-refractivity contribution in [2.45, 2.75) is 25.7 Å². The van der Waals surface area contributed by atoms with Crippen molar-refractivity contribution in [3.63, 3.8) is 0 Å². The van der Waals surface area contributed by atoms with E-state index in [4.69, 9.17) is 5.26 Å². The fraction of sp³-hybridized carbons (Fsp3) is 0.500. The average Bonchev–Trinajstić information content (AvgIpc) is 2.86. The molecule has 1 aromatic rings. The van der Waals surface area contributed by atoms with Gasteiger partial charge in [-0.1, -0.05) is 28.8 Å². The van der Waals surface area contributed by atoms with Crippen molar-refractivity contribution in [3.8, 4) is 6.07 Å². The van der Waals surface area contributed by atoms with E-state index in [1.54, 1.807) is 6.07 Å². The van der Waals surface area contributed by atoms with Gasteiger partial charge in [-0.15, -0.1) is 0 Å². The van der Waals surface area contributed by atoms with Crippen molar-refractivity contribution in [1.29, 1.82) is 5.26 Å². The van der Waals surface area contributed by atoms with Crippen LogP contribution in [0.1, 0.15) is 31.2 Å². The molecule has 0 bridgehead atoms. The van der Waals surface area contributed by atoms with Crippen molar-refractivity contribution in [2.75, 3.05) is 18.5 Å². The van der Waals surface area contributed by atoms with Crippen LogP contribution in [0.15, 0.2) is 22.7 Å². The Morgan fingerprint density at radius 2 is 2.11 bits per heavy atom. The normalized spacial score (nSPS) is 17.4. The molecular weight excluding hydrogens is 292 g/mol. The minimum absolute atomic E-state index is 0.00492. The Kier molecular flexibility index (Phi) is 4.26. The molecule has 1 aromatic carbocycles. The van der Waals surface area contributed by atoms with Gasteiger partial charge in [0.25, 0.3) is 0 Å². The van der Waals surface area contributed by atoms with Crippen molar-refractivity contribution in [2.24, 2.45) is 5.41 Å². The molecule has 3 nitrogen and oxygen atoms in total. The minimum Gasteiger partial charge on any atom is -0.396 e. The molecule has 2 N–H and O–H groups in total. The van der Waals surface area contributed by atoms with Gasteiger partial charge in [0, 0.05) is 16.4 Å². The maximum absolute atomic E-state index is 9.56. The molecule has 0 unspecified atom stereocenters. The molecule has 0 amide bonds. The number of hydrogen-bond donors (Lipinski definition) is 2. The van der Waals surface area contributed by atoms with E-state index in [1.165, 1.54) is 12.8 Å². The molecule has 18 heavy (non-hydrogen) atoms. The van der Waals surface area contributed by atoms with Crippen LogP contribution in [-0.4, -0.2) is 18.3 Å². The summed E-state index contributed by atoms with van der Waals surface area (Å²) >= 11 is 3.41. The number of aliphatic hydroxyl groups excluding tert-OH is 1. The summed E-state index contributed by atoms with van der Waals surface area (Å²) in [5, 5.41) is 22.0. The van der Waals surface area contributed by atoms with Gasteiger partial charge in [-0.05, 0) is 31.0 Å². The topological polar surface area (TPSA) is 56.0 Å². The fourth-order valence-electron chi connectivity index (χ4n) is 2.56. The van der Waals surface area contributed by atoms with Crippen molar-refractivity contribution >= 4 is 21.6 Å². The predicted octanol–water partition coefficient (Wildman–Crippen LogP) is 3.29. The molecule has 2 rings (SSSR count). The van der Waals surface area contributed by atoms with E-state index in [0.29, 0.717) is 5.56 Å². The van der Waals surface area contributed by atoms with Gasteiger partial charge in [0.05, 0.1) is 17.9 Å².